The number of hydrogen-bond acceptors (Lipinski definition) is 5. The number of hydrogen-bond donors (Lipinski definition) is 1. The summed E-state index contributed by atoms with van der Waals surface area (Å²) < 4.78 is 22.0. The van der Waals surface area contributed by atoms with E-state index < -0.39 is 13.9 Å². The summed E-state index contributed by atoms with van der Waals surface area (Å²) in [5, 5.41) is 11.5. The summed E-state index contributed by atoms with van der Waals surface area (Å²) in [7, 11) is -3.14. The molecule has 0 aromatic carbocycles. The highest BCUT2D eigenvalue weighted by Crippen LogP contribution is 2.51. The lowest BCUT2D eigenvalue weighted by Gasteiger charge is -2.19. The maximum atomic E-state index is 11.9. The second-order valence-electron chi connectivity index (χ2n) is 2.82. The number of rotatable bonds is 6. The minimum atomic E-state index is -3.14. The highest BCUT2D eigenvalue weighted by Gasteiger charge is 2.26. The van der Waals surface area contributed by atoms with E-state index >= 15 is 0 Å². The van der Waals surface area contributed by atoms with Crippen molar-refractivity contribution in [2.45, 2.75) is 20.1 Å². The van der Waals surface area contributed by atoms with E-state index in [4.69, 9.17) is 9.05 Å². The zero-order chi connectivity index (χ0) is 11.3. The van der Waals surface area contributed by atoms with Crippen molar-refractivity contribution >= 4 is 18.9 Å². The van der Waals surface area contributed by atoms with Crippen LogP contribution in [0.4, 0.5) is 0 Å². The number of thiophene rings is 1. The molecule has 1 aromatic heterocycles. The summed E-state index contributed by atoms with van der Waals surface area (Å²) in [5.41, 5.74) is 0. The molecule has 0 fully saturated rings. The first-order valence-corrected chi connectivity index (χ1v) is 7.35. The van der Waals surface area contributed by atoms with E-state index in [9.17, 15) is 9.67 Å². The summed E-state index contributed by atoms with van der Waals surface area (Å²) in [5.74, 6) is 0. The Kier molecular flexibility index (Phi) is 4.96. The van der Waals surface area contributed by atoms with Crippen molar-refractivity contribution < 1.29 is 18.7 Å². The van der Waals surface area contributed by atoms with E-state index in [1.165, 1.54) is 11.3 Å². The lowest BCUT2D eigenvalue weighted by atomic mass is 10.5. The molecular weight excluding hydrogens is 235 g/mol. The monoisotopic (exact) mass is 250 g/mol. The second kappa shape index (κ2) is 5.77. The Hall–Kier alpha value is -0.190. The van der Waals surface area contributed by atoms with Crippen molar-refractivity contribution in [1.29, 1.82) is 0 Å². The van der Waals surface area contributed by atoms with Gasteiger partial charge in [0, 0.05) is 6.16 Å². The predicted octanol–water partition coefficient (Wildman–Crippen LogP) is 3.01. The molecule has 1 aromatic rings. The molecule has 0 saturated heterocycles. The first-order chi connectivity index (χ1) is 7.11. The number of aliphatic hydroxyl groups excluding tert-OH is 1. The Morgan fingerprint density at radius 3 is 2.80 bits per heavy atom. The van der Waals surface area contributed by atoms with Gasteiger partial charge in [-0.25, -0.2) is 0 Å². The normalized spacial score (nSPS) is 17.3. The van der Waals surface area contributed by atoms with E-state index in [2.05, 4.69) is 0 Å². The van der Waals surface area contributed by atoms with E-state index in [0.29, 0.717) is 11.5 Å². The summed E-state index contributed by atoms with van der Waals surface area (Å²) in [6, 6.07) is 3.52. The molecule has 0 aliphatic heterocycles. The molecule has 0 spiro atoms. The average Bonchev–Trinajstić information content (AvgIpc) is 2.71. The molecule has 0 amide bonds. The van der Waals surface area contributed by atoms with Crippen LogP contribution in [0.2, 0.25) is 0 Å². The average molecular weight is 250 g/mol. The summed E-state index contributed by atoms with van der Waals surface area (Å²) in [4.78, 5) is 0.628. The molecule has 1 heterocycles. The van der Waals surface area contributed by atoms with Crippen LogP contribution >= 0.6 is 18.9 Å². The van der Waals surface area contributed by atoms with Crippen LogP contribution in [0.25, 0.3) is 0 Å². The lowest BCUT2D eigenvalue weighted by molar-refractivity contribution is -0.0275. The van der Waals surface area contributed by atoms with Gasteiger partial charge in [0.2, 0.25) is 0 Å². The molecule has 0 unspecified atom stereocenters. The first kappa shape index (κ1) is 12.9. The Bertz CT molecular complexity index is 325. The molecule has 1 N–H and O–H groups in total. The minimum absolute atomic E-state index is 0.253. The summed E-state index contributed by atoms with van der Waals surface area (Å²) in [6.07, 6.45) is -0.911. The highest BCUT2D eigenvalue weighted by molar-refractivity contribution is 7.53. The third kappa shape index (κ3) is 3.70. The van der Waals surface area contributed by atoms with Gasteiger partial charge in [-0.2, -0.15) is 0 Å². The fourth-order valence-electron chi connectivity index (χ4n) is 1.03. The molecule has 4 nitrogen and oxygen atoms in total. The molecule has 15 heavy (non-hydrogen) atoms. The number of aliphatic hydroxyl groups is 1. The second-order valence-corrected chi connectivity index (χ2v) is 6.12. The highest BCUT2D eigenvalue weighted by atomic mass is 32.1. The van der Waals surface area contributed by atoms with Gasteiger partial charge in [-0.15, -0.1) is 11.3 Å². The largest absolute Gasteiger partial charge is 0.363 e. The third-order valence-corrected chi connectivity index (χ3v) is 4.61. The van der Waals surface area contributed by atoms with Gasteiger partial charge in [0.1, 0.15) is 0 Å². The van der Waals surface area contributed by atoms with Crippen LogP contribution in [-0.4, -0.2) is 17.9 Å². The molecule has 0 aliphatic rings. The van der Waals surface area contributed by atoms with Gasteiger partial charge >= 0.3 is 7.60 Å². The van der Waals surface area contributed by atoms with Gasteiger partial charge in [0.05, 0.1) is 11.5 Å². The molecule has 0 bridgehead atoms. The first-order valence-electron chi connectivity index (χ1n) is 4.74. The summed E-state index contributed by atoms with van der Waals surface area (Å²) in [6.45, 7) is 3.75. The maximum absolute atomic E-state index is 11.9. The Balaban J connectivity index is 2.63. The van der Waals surface area contributed by atoms with Gasteiger partial charge < -0.3 is 9.63 Å². The van der Waals surface area contributed by atoms with Gasteiger partial charge in [0.15, 0.2) is 6.29 Å². The van der Waals surface area contributed by atoms with E-state index in [1.54, 1.807) is 26.0 Å². The SMILES string of the molecule is CCO[P@@](=O)(CC)O[C@H](O)c1cccs1. The molecule has 2 atom stereocenters. The van der Waals surface area contributed by atoms with Crippen LogP contribution in [0, 0.1) is 0 Å². The molecule has 0 radical (unpaired) electrons. The van der Waals surface area contributed by atoms with Gasteiger partial charge in [-0.3, -0.25) is 9.09 Å². The smallest absolute Gasteiger partial charge is 0.333 e. The fourth-order valence-corrected chi connectivity index (χ4v) is 2.94. The van der Waals surface area contributed by atoms with Crippen LogP contribution in [0.1, 0.15) is 25.0 Å². The lowest BCUT2D eigenvalue weighted by Crippen LogP contribution is -2.03. The third-order valence-electron chi connectivity index (χ3n) is 1.76. The van der Waals surface area contributed by atoms with E-state index in [1.807, 2.05) is 5.38 Å². The van der Waals surface area contributed by atoms with Crippen LogP contribution in [0.5, 0.6) is 0 Å². The van der Waals surface area contributed by atoms with Crippen molar-refractivity contribution in [2.75, 3.05) is 12.8 Å². The van der Waals surface area contributed by atoms with Crippen LogP contribution in [0.3, 0.4) is 0 Å². The molecule has 0 saturated carbocycles. The zero-order valence-electron chi connectivity index (χ0n) is 8.75. The molecular formula is C9H15O4PS. The Morgan fingerprint density at radius 1 is 1.60 bits per heavy atom. The maximum Gasteiger partial charge on any atom is 0.333 e. The van der Waals surface area contributed by atoms with Crippen molar-refractivity contribution in [3.05, 3.63) is 22.4 Å². The van der Waals surface area contributed by atoms with Crippen LogP contribution in [-0.2, 0) is 13.6 Å². The van der Waals surface area contributed by atoms with Gasteiger partial charge in [-0.1, -0.05) is 13.0 Å². The molecule has 6 heteroatoms. The quantitative estimate of drug-likeness (QED) is 0.623. The van der Waals surface area contributed by atoms with Crippen molar-refractivity contribution in [3.8, 4) is 0 Å². The van der Waals surface area contributed by atoms with Crippen molar-refractivity contribution in [2.24, 2.45) is 0 Å². The van der Waals surface area contributed by atoms with Crippen LogP contribution in [0.15, 0.2) is 17.5 Å². The van der Waals surface area contributed by atoms with Crippen molar-refractivity contribution in [1.82, 2.24) is 0 Å². The van der Waals surface area contributed by atoms with E-state index in [-0.39, 0.29) is 6.16 Å². The topological polar surface area (TPSA) is 55.8 Å². The van der Waals surface area contributed by atoms with Gasteiger partial charge in [-0.05, 0) is 18.4 Å². The molecule has 0 aliphatic carbocycles. The molecule has 1 rings (SSSR count). The van der Waals surface area contributed by atoms with Crippen molar-refractivity contribution in [3.63, 3.8) is 0 Å². The van der Waals surface area contributed by atoms with E-state index in [0.717, 1.165) is 0 Å². The van der Waals surface area contributed by atoms with Crippen LogP contribution < -0.4 is 0 Å². The minimum Gasteiger partial charge on any atom is -0.363 e. The predicted molar refractivity (Wildman–Crippen MR) is 60.1 cm³/mol. The standard InChI is InChI=1S/C9H15O4PS/c1-3-12-14(11,4-2)13-9(10)8-6-5-7-15-8/h5-7,9-10H,3-4H2,1-2H3/t9-,14-/m0/s1. The fraction of sp³-hybridized carbons (Fsp3) is 0.556. The summed E-state index contributed by atoms with van der Waals surface area (Å²) >= 11 is 1.35. The zero-order valence-corrected chi connectivity index (χ0v) is 10.5. The Labute approximate surface area is 93.4 Å². The Morgan fingerprint density at radius 2 is 2.33 bits per heavy atom. The molecule has 86 valence electrons. The van der Waals surface area contributed by atoms with Gasteiger partial charge in [0.25, 0.3) is 0 Å².